The first-order valence-electron chi connectivity index (χ1n) is 9.16. The van der Waals surface area contributed by atoms with Gasteiger partial charge in [-0.15, -0.1) is 0 Å². The first-order chi connectivity index (χ1) is 13.6. The minimum atomic E-state index is -3.83. The number of nitrogens with zero attached hydrogens (tertiary/aromatic N) is 2. The standard InChI is InChI=1S/C20H25N3O5S/c1-15-7-4-8-17(13-15)9-6-12-21-20(24)16(2)22(29(3,27)28)18-10-5-11-19(14-18)23(25)26/h4-5,7-8,10-11,13-14,16H,6,9,12H2,1-3H3,(H,21,24)/t16-/m0/s1. The average Bonchev–Trinajstić information content (AvgIpc) is 2.64. The van der Waals surface area contributed by atoms with Crippen LogP contribution in [0.3, 0.4) is 0 Å². The lowest BCUT2D eigenvalue weighted by molar-refractivity contribution is -0.384. The molecule has 0 aliphatic heterocycles. The maximum absolute atomic E-state index is 12.5. The summed E-state index contributed by atoms with van der Waals surface area (Å²) in [7, 11) is -3.83. The van der Waals surface area contributed by atoms with Crippen molar-refractivity contribution in [2.24, 2.45) is 0 Å². The molecule has 2 aromatic carbocycles. The van der Waals surface area contributed by atoms with Gasteiger partial charge < -0.3 is 5.32 Å². The first kappa shape index (κ1) is 22.4. The molecule has 1 N–H and O–H groups in total. The summed E-state index contributed by atoms with van der Waals surface area (Å²) in [6, 6.07) is 12.3. The molecule has 0 spiro atoms. The number of carbonyl (C=O) groups excluding carboxylic acids is 1. The molecule has 0 saturated heterocycles. The van der Waals surface area contributed by atoms with Crippen LogP contribution in [0.15, 0.2) is 48.5 Å². The van der Waals surface area contributed by atoms with Crippen LogP contribution in [-0.4, -0.2) is 38.1 Å². The van der Waals surface area contributed by atoms with Crippen LogP contribution in [0.1, 0.15) is 24.5 Å². The summed E-state index contributed by atoms with van der Waals surface area (Å²) < 4.78 is 25.5. The highest BCUT2D eigenvalue weighted by molar-refractivity contribution is 7.92. The molecule has 0 bridgehead atoms. The lowest BCUT2D eigenvalue weighted by atomic mass is 10.1. The fourth-order valence-electron chi connectivity index (χ4n) is 3.07. The number of hydrogen-bond donors (Lipinski definition) is 1. The predicted molar refractivity (Wildman–Crippen MR) is 112 cm³/mol. The summed E-state index contributed by atoms with van der Waals surface area (Å²) >= 11 is 0. The van der Waals surface area contributed by atoms with Gasteiger partial charge in [0.2, 0.25) is 15.9 Å². The summed E-state index contributed by atoms with van der Waals surface area (Å²) in [6.45, 7) is 3.86. The second-order valence-electron chi connectivity index (χ2n) is 6.90. The van der Waals surface area contributed by atoms with Gasteiger partial charge in [0.15, 0.2) is 0 Å². The number of hydrogen-bond acceptors (Lipinski definition) is 5. The zero-order valence-corrected chi connectivity index (χ0v) is 17.5. The zero-order chi connectivity index (χ0) is 21.6. The molecule has 0 saturated carbocycles. The Kier molecular flexibility index (Phi) is 7.33. The summed E-state index contributed by atoms with van der Waals surface area (Å²) in [4.78, 5) is 22.9. The van der Waals surface area contributed by atoms with Crippen molar-refractivity contribution in [3.05, 3.63) is 69.8 Å². The minimum Gasteiger partial charge on any atom is -0.354 e. The van der Waals surface area contributed by atoms with Crippen LogP contribution in [0, 0.1) is 17.0 Å². The minimum absolute atomic E-state index is 0.0733. The molecule has 0 fully saturated rings. The molecule has 156 valence electrons. The fraction of sp³-hybridized carbons (Fsp3) is 0.350. The molecule has 2 aromatic rings. The Labute approximate surface area is 170 Å². The molecule has 9 heteroatoms. The van der Waals surface area contributed by atoms with Gasteiger partial charge >= 0.3 is 0 Å². The van der Waals surface area contributed by atoms with Crippen molar-refractivity contribution in [2.45, 2.75) is 32.7 Å². The number of non-ortho nitro benzene ring substituents is 1. The third-order valence-electron chi connectivity index (χ3n) is 4.41. The number of rotatable bonds is 9. The SMILES string of the molecule is Cc1cccc(CCCNC(=O)[C@H](C)N(c2cccc([N+](=O)[O-])c2)S(C)(=O)=O)c1. The lowest BCUT2D eigenvalue weighted by Crippen LogP contribution is -2.48. The van der Waals surface area contributed by atoms with E-state index in [1.165, 1.54) is 36.2 Å². The number of nitro benzene ring substituents is 1. The van der Waals surface area contributed by atoms with E-state index in [0.29, 0.717) is 13.0 Å². The van der Waals surface area contributed by atoms with Gasteiger partial charge in [0.1, 0.15) is 6.04 Å². The van der Waals surface area contributed by atoms with Crippen LogP contribution in [0.5, 0.6) is 0 Å². The van der Waals surface area contributed by atoms with Gasteiger partial charge in [-0.1, -0.05) is 35.9 Å². The Morgan fingerprint density at radius 3 is 2.52 bits per heavy atom. The molecule has 0 aliphatic carbocycles. The second-order valence-corrected chi connectivity index (χ2v) is 8.75. The average molecular weight is 420 g/mol. The fourth-order valence-corrected chi connectivity index (χ4v) is 4.24. The van der Waals surface area contributed by atoms with Crippen LogP contribution >= 0.6 is 0 Å². The number of amides is 1. The van der Waals surface area contributed by atoms with Crippen LogP contribution < -0.4 is 9.62 Å². The highest BCUT2D eigenvalue weighted by Crippen LogP contribution is 2.25. The third kappa shape index (κ3) is 6.28. The maximum atomic E-state index is 12.5. The summed E-state index contributed by atoms with van der Waals surface area (Å²) in [5, 5.41) is 13.7. The molecule has 2 rings (SSSR count). The lowest BCUT2D eigenvalue weighted by Gasteiger charge is -2.28. The molecule has 0 aliphatic rings. The topological polar surface area (TPSA) is 110 Å². The quantitative estimate of drug-likeness (QED) is 0.382. The second kappa shape index (κ2) is 9.51. The van der Waals surface area contributed by atoms with Crippen molar-refractivity contribution in [1.82, 2.24) is 5.32 Å². The van der Waals surface area contributed by atoms with E-state index in [1.54, 1.807) is 0 Å². The zero-order valence-electron chi connectivity index (χ0n) is 16.7. The molecule has 8 nitrogen and oxygen atoms in total. The van der Waals surface area contributed by atoms with Crippen LogP contribution in [0.4, 0.5) is 11.4 Å². The number of anilines is 1. The normalized spacial score (nSPS) is 12.2. The van der Waals surface area contributed by atoms with E-state index >= 15 is 0 Å². The van der Waals surface area contributed by atoms with Crippen molar-refractivity contribution >= 4 is 27.3 Å². The van der Waals surface area contributed by atoms with E-state index in [9.17, 15) is 23.3 Å². The molecular formula is C20H25N3O5S. The van der Waals surface area contributed by atoms with E-state index in [4.69, 9.17) is 0 Å². The van der Waals surface area contributed by atoms with Gasteiger partial charge in [0.25, 0.3) is 5.69 Å². The van der Waals surface area contributed by atoms with E-state index in [2.05, 4.69) is 11.4 Å². The molecule has 1 amide bonds. The molecule has 1 atom stereocenters. The Morgan fingerprint density at radius 2 is 1.90 bits per heavy atom. The molecule has 0 unspecified atom stereocenters. The third-order valence-corrected chi connectivity index (χ3v) is 5.65. The van der Waals surface area contributed by atoms with Gasteiger partial charge in [-0.25, -0.2) is 8.42 Å². The van der Waals surface area contributed by atoms with Crippen molar-refractivity contribution in [1.29, 1.82) is 0 Å². The number of carbonyl (C=O) groups is 1. The number of nitrogens with one attached hydrogen (secondary N) is 1. The highest BCUT2D eigenvalue weighted by Gasteiger charge is 2.29. The number of aryl methyl sites for hydroxylation is 2. The van der Waals surface area contributed by atoms with E-state index in [1.807, 2.05) is 25.1 Å². The van der Waals surface area contributed by atoms with E-state index in [-0.39, 0.29) is 11.4 Å². The molecular weight excluding hydrogens is 394 g/mol. The Balaban J connectivity index is 2.05. The number of nitro groups is 1. The van der Waals surface area contributed by atoms with Gasteiger partial charge in [-0.3, -0.25) is 19.2 Å². The van der Waals surface area contributed by atoms with Crippen molar-refractivity contribution in [3.63, 3.8) is 0 Å². The van der Waals surface area contributed by atoms with Gasteiger partial charge in [-0.05, 0) is 38.3 Å². The monoisotopic (exact) mass is 419 g/mol. The molecule has 0 aromatic heterocycles. The van der Waals surface area contributed by atoms with E-state index < -0.39 is 26.9 Å². The number of sulfonamides is 1. The van der Waals surface area contributed by atoms with E-state index in [0.717, 1.165) is 23.0 Å². The summed E-state index contributed by atoms with van der Waals surface area (Å²) in [5.41, 5.74) is 2.16. The summed E-state index contributed by atoms with van der Waals surface area (Å²) in [5.74, 6) is -0.467. The van der Waals surface area contributed by atoms with Gasteiger partial charge in [-0.2, -0.15) is 0 Å². The Hall–Kier alpha value is -2.94. The molecule has 29 heavy (non-hydrogen) atoms. The van der Waals surface area contributed by atoms with Crippen molar-refractivity contribution in [3.8, 4) is 0 Å². The molecule has 0 heterocycles. The van der Waals surface area contributed by atoms with Crippen LogP contribution in [0.25, 0.3) is 0 Å². The van der Waals surface area contributed by atoms with Gasteiger partial charge in [0.05, 0.1) is 16.9 Å². The predicted octanol–water partition coefficient (Wildman–Crippen LogP) is 2.81. The Morgan fingerprint density at radius 1 is 1.21 bits per heavy atom. The summed E-state index contributed by atoms with van der Waals surface area (Å²) in [6.07, 6.45) is 2.46. The molecule has 0 radical (unpaired) electrons. The Bertz CT molecular complexity index is 991. The number of benzene rings is 2. The van der Waals surface area contributed by atoms with Gasteiger partial charge in [0, 0.05) is 18.7 Å². The van der Waals surface area contributed by atoms with Crippen LogP contribution in [0.2, 0.25) is 0 Å². The highest BCUT2D eigenvalue weighted by atomic mass is 32.2. The first-order valence-corrected chi connectivity index (χ1v) is 11.0. The van der Waals surface area contributed by atoms with Crippen LogP contribution in [-0.2, 0) is 21.2 Å². The smallest absolute Gasteiger partial charge is 0.271 e. The maximum Gasteiger partial charge on any atom is 0.271 e. The van der Waals surface area contributed by atoms with Crippen molar-refractivity contribution in [2.75, 3.05) is 17.1 Å². The van der Waals surface area contributed by atoms with Crippen molar-refractivity contribution < 1.29 is 18.1 Å². The largest absolute Gasteiger partial charge is 0.354 e.